The molecular weight excluding hydrogens is 178 g/mol. The quantitative estimate of drug-likeness (QED) is 0.721. The number of rotatable bonds is 3. The highest BCUT2D eigenvalue weighted by Crippen LogP contribution is 2.24. The van der Waals surface area contributed by atoms with Crippen LogP contribution in [0.4, 0.5) is 5.69 Å². The zero-order chi connectivity index (χ0) is 10.7. The Morgan fingerprint density at radius 3 is 2.57 bits per heavy atom. The van der Waals surface area contributed by atoms with Crippen molar-refractivity contribution >= 4 is 5.69 Å². The van der Waals surface area contributed by atoms with E-state index in [1.165, 1.54) is 0 Å². The molecule has 0 bridgehead atoms. The van der Waals surface area contributed by atoms with Gasteiger partial charge < -0.3 is 15.6 Å². The van der Waals surface area contributed by atoms with E-state index in [0.717, 1.165) is 22.6 Å². The summed E-state index contributed by atoms with van der Waals surface area (Å²) in [5, 5.41) is 9.08. The molecule has 0 aromatic heterocycles. The van der Waals surface area contributed by atoms with Gasteiger partial charge in [-0.25, -0.2) is 0 Å². The topological polar surface area (TPSA) is 55.5 Å². The van der Waals surface area contributed by atoms with E-state index in [-0.39, 0.29) is 0 Å². The third-order valence-corrected chi connectivity index (χ3v) is 2.04. The molecule has 0 saturated carbocycles. The van der Waals surface area contributed by atoms with Crippen LogP contribution in [0.2, 0.25) is 0 Å². The zero-order valence-electron chi connectivity index (χ0n) is 8.87. The SMILES string of the molecule is Cc1cc(OCC(C)O)c(C)cc1N. The fourth-order valence-electron chi connectivity index (χ4n) is 1.18. The minimum Gasteiger partial charge on any atom is -0.491 e. The number of aliphatic hydroxyl groups excluding tert-OH is 1. The second-order valence-corrected chi connectivity index (χ2v) is 3.63. The van der Waals surface area contributed by atoms with E-state index in [9.17, 15) is 0 Å². The summed E-state index contributed by atoms with van der Waals surface area (Å²) in [5.74, 6) is 0.789. The van der Waals surface area contributed by atoms with Crippen LogP contribution < -0.4 is 10.5 Å². The first-order chi connectivity index (χ1) is 6.50. The number of nitrogen functional groups attached to an aromatic ring is 1. The van der Waals surface area contributed by atoms with Crippen LogP contribution in [0.1, 0.15) is 18.1 Å². The van der Waals surface area contributed by atoms with Crippen LogP contribution >= 0.6 is 0 Å². The van der Waals surface area contributed by atoms with Crippen LogP contribution in [0, 0.1) is 13.8 Å². The van der Waals surface area contributed by atoms with Crippen LogP contribution in [0.15, 0.2) is 12.1 Å². The standard InChI is InChI=1S/C11H17NO2/c1-7-5-11(14-6-9(3)13)8(2)4-10(7)12/h4-5,9,13H,6,12H2,1-3H3. The molecule has 0 fully saturated rings. The highest BCUT2D eigenvalue weighted by molar-refractivity contribution is 5.53. The molecule has 1 aromatic rings. The normalized spacial score (nSPS) is 12.6. The van der Waals surface area contributed by atoms with Gasteiger partial charge in [0.05, 0.1) is 6.10 Å². The summed E-state index contributed by atoms with van der Waals surface area (Å²) in [6, 6.07) is 3.78. The summed E-state index contributed by atoms with van der Waals surface area (Å²) in [4.78, 5) is 0. The Bertz CT molecular complexity index is 321. The van der Waals surface area contributed by atoms with Crippen molar-refractivity contribution in [3.8, 4) is 5.75 Å². The molecule has 14 heavy (non-hydrogen) atoms. The summed E-state index contributed by atoms with van der Waals surface area (Å²) in [5.41, 5.74) is 8.50. The lowest BCUT2D eigenvalue weighted by atomic mass is 10.1. The first-order valence-corrected chi connectivity index (χ1v) is 4.68. The Morgan fingerprint density at radius 1 is 1.36 bits per heavy atom. The van der Waals surface area contributed by atoms with Crippen LogP contribution in [0.3, 0.4) is 0 Å². The Balaban J connectivity index is 2.82. The smallest absolute Gasteiger partial charge is 0.122 e. The minimum absolute atomic E-state index is 0.310. The van der Waals surface area contributed by atoms with Gasteiger partial charge in [0.2, 0.25) is 0 Å². The molecule has 1 rings (SSSR count). The maximum atomic E-state index is 9.08. The molecule has 0 radical (unpaired) electrons. The van der Waals surface area contributed by atoms with Crippen molar-refractivity contribution in [2.75, 3.05) is 12.3 Å². The molecule has 1 aromatic carbocycles. The first kappa shape index (κ1) is 10.9. The van der Waals surface area contributed by atoms with E-state index in [2.05, 4.69) is 0 Å². The van der Waals surface area contributed by atoms with E-state index in [4.69, 9.17) is 15.6 Å². The molecule has 0 aliphatic rings. The zero-order valence-corrected chi connectivity index (χ0v) is 8.87. The second-order valence-electron chi connectivity index (χ2n) is 3.63. The summed E-state index contributed by atoms with van der Waals surface area (Å²) in [6.07, 6.45) is -0.452. The molecule has 0 heterocycles. The van der Waals surface area contributed by atoms with Gasteiger partial charge in [-0.1, -0.05) is 0 Å². The number of aliphatic hydroxyl groups is 1. The lowest BCUT2D eigenvalue weighted by Gasteiger charge is -2.12. The third-order valence-electron chi connectivity index (χ3n) is 2.04. The van der Waals surface area contributed by atoms with Crippen molar-refractivity contribution < 1.29 is 9.84 Å². The molecule has 1 atom stereocenters. The average Bonchev–Trinajstić information content (AvgIpc) is 2.09. The number of anilines is 1. The Labute approximate surface area is 84.5 Å². The largest absolute Gasteiger partial charge is 0.491 e. The maximum absolute atomic E-state index is 9.08. The molecule has 0 amide bonds. The first-order valence-electron chi connectivity index (χ1n) is 4.68. The number of aryl methyl sites for hydroxylation is 2. The number of ether oxygens (including phenoxy) is 1. The van der Waals surface area contributed by atoms with Gasteiger partial charge in [-0.2, -0.15) is 0 Å². The maximum Gasteiger partial charge on any atom is 0.122 e. The Kier molecular flexibility index (Phi) is 3.36. The highest BCUT2D eigenvalue weighted by Gasteiger charge is 2.04. The fraction of sp³-hybridized carbons (Fsp3) is 0.455. The van der Waals surface area contributed by atoms with Gasteiger partial charge in [0, 0.05) is 5.69 Å². The van der Waals surface area contributed by atoms with E-state index >= 15 is 0 Å². The molecule has 78 valence electrons. The summed E-state index contributed by atoms with van der Waals surface area (Å²) in [6.45, 7) is 5.88. The summed E-state index contributed by atoms with van der Waals surface area (Å²) >= 11 is 0. The molecule has 0 aliphatic carbocycles. The van der Waals surface area contributed by atoms with Gasteiger partial charge in [0.1, 0.15) is 12.4 Å². The molecule has 1 unspecified atom stereocenters. The van der Waals surface area contributed by atoms with Crippen molar-refractivity contribution in [1.29, 1.82) is 0 Å². The van der Waals surface area contributed by atoms with Crippen LogP contribution in [0.5, 0.6) is 5.75 Å². The Hall–Kier alpha value is -1.22. The van der Waals surface area contributed by atoms with Gasteiger partial charge in [0.25, 0.3) is 0 Å². The summed E-state index contributed by atoms with van der Waals surface area (Å²) in [7, 11) is 0. The number of nitrogens with two attached hydrogens (primary N) is 1. The molecule has 0 aliphatic heterocycles. The number of hydrogen-bond acceptors (Lipinski definition) is 3. The lowest BCUT2D eigenvalue weighted by Crippen LogP contribution is -2.13. The van der Waals surface area contributed by atoms with Gasteiger partial charge in [0.15, 0.2) is 0 Å². The average molecular weight is 195 g/mol. The molecule has 0 saturated heterocycles. The van der Waals surface area contributed by atoms with Crippen LogP contribution in [-0.4, -0.2) is 17.8 Å². The summed E-state index contributed by atoms with van der Waals surface area (Å²) < 4.78 is 5.43. The second kappa shape index (κ2) is 4.33. The molecule has 3 heteroatoms. The van der Waals surface area contributed by atoms with Gasteiger partial charge >= 0.3 is 0 Å². The van der Waals surface area contributed by atoms with Crippen LogP contribution in [-0.2, 0) is 0 Å². The van der Waals surface area contributed by atoms with E-state index in [1.807, 2.05) is 26.0 Å². The monoisotopic (exact) mass is 195 g/mol. The molecule has 3 N–H and O–H groups in total. The van der Waals surface area contributed by atoms with Crippen LogP contribution in [0.25, 0.3) is 0 Å². The van der Waals surface area contributed by atoms with Crippen molar-refractivity contribution in [2.24, 2.45) is 0 Å². The van der Waals surface area contributed by atoms with Crippen molar-refractivity contribution in [3.63, 3.8) is 0 Å². The number of hydrogen-bond donors (Lipinski definition) is 2. The molecule has 3 nitrogen and oxygen atoms in total. The van der Waals surface area contributed by atoms with E-state index < -0.39 is 6.10 Å². The minimum atomic E-state index is -0.452. The van der Waals surface area contributed by atoms with Gasteiger partial charge in [-0.3, -0.25) is 0 Å². The predicted octanol–water partition coefficient (Wildman–Crippen LogP) is 1.65. The van der Waals surface area contributed by atoms with Crippen molar-refractivity contribution in [2.45, 2.75) is 26.9 Å². The predicted molar refractivity (Wildman–Crippen MR) is 57.5 cm³/mol. The number of benzene rings is 1. The fourth-order valence-corrected chi connectivity index (χ4v) is 1.18. The molecular formula is C11H17NO2. The van der Waals surface area contributed by atoms with E-state index in [1.54, 1.807) is 6.92 Å². The van der Waals surface area contributed by atoms with E-state index in [0.29, 0.717) is 6.61 Å². The van der Waals surface area contributed by atoms with Crippen molar-refractivity contribution in [1.82, 2.24) is 0 Å². The van der Waals surface area contributed by atoms with Crippen molar-refractivity contribution in [3.05, 3.63) is 23.3 Å². The lowest BCUT2D eigenvalue weighted by molar-refractivity contribution is 0.122. The molecule has 0 spiro atoms. The third kappa shape index (κ3) is 2.64. The highest BCUT2D eigenvalue weighted by atomic mass is 16.5. The van der Waals surface area contributed by atoms with Gasteiger partial charge in [-0.05, 0) is 44.0 Å². The van der Waals surface area contributed by atoms with Gasteiger partial charge in [-0.15, -0.1) is 0 Å². The Morgan fingerprint density at radius 2 is 2.00 bits per heavy atom.